The summed E-state index contributed by atoms with van der Waals surface area (Å²) in [7, 11) is 0. The lowest BCUT2D eigenvalue weighted by Crippen LogP contribution is -2.53. The molecule has 0 radical (unpaired) electrons. The Morgan fingerprint density at radius 2 is 1.84 bits per heavy atom. The Morgan fingerprint density at radius 3 is 2.38 bits per heavy atom. The summed E-state index contributed by atoms with van der Waals surface area (Å²) >= 11 is 6.01. The molecule has 178 valence electrons. The number of primary amides is 1. The molecule has 0 aliphatic carbocycles. The summed E-state index contributed by atoms with van der Waals surface area (Å²) in [6, 6.07) is 1.76. The molecule has 0 saturated carbocycles. The molecule has 0 unspecified atom stereocenters. The zero-order valence-electron chi connectivity index (χ0n) is 18.4. The van der Waals surface area contributed by atoms with Crippen LogP contribution in [0, 0.1) is 5.92 Å². The van der Waals surface area contributed by atoms with Gasteiger partial charge >= 0.3 is 5.97 Å². The fraction of sp³-hybridized carbons (Fsp3) is 0.524. The number of nitrogens with one attached hydrogen (secondary N) is 2. The quantitative estimate of drug-likeness (QED) is 0.286. The van der Waals surface area contributed by atoms with Crippen molar-refractivity contribution in [2.45, 2.75) is 58.2 Å². The van der Waals surface area contributed by atoms with E-state index in [1.54, 1.807) is 20.8 Å². The second-order valence-electron chi connectivity index (χ2n) is 7.67. The number of carboxylic acid groups (broad SMARTS) is 1. The van der Waals surface area contributed by atoms with Crippen LogP contribution in [0.4, 0.5) is 0 Å². The van der Waals surface area contributed by atoms with E-state index in [0.29, 0.717) is 6.42 Å². The third kappa shape index (κ3) is 8.72. The third-order valence-electron chi connectivity index (χ3n) is 4.77. The van der Waals surface area contributed by atoms with Gasteiger partial charge in [-0.2, -0.15) is 0 Å². The predicted molar refractivity (Wildman–Crippen MR) is 119 cm³/mol. The van der Waals surface area contributed by atoms with E-state index >= 15 is 0 Å². The number of carboxylic acids is 1. The molecule has 10 nitrogen and oxygen atoms in total. The molecule has 0 saturated heterocycles. The van der Waals surface area contributed by atoms with Crippen LogP contribution in [0.5, 0.6) is 5.75 Å². The summed E-state index contributed by atoms with van der Waals surface area (Å²) in [6.45, 7) is 5.35. The van der Waals surface area contributed by atoms with Crippen molar-refractivity contribution in [2.24, 2.45) is 17.4 Å². The molecular weight excluding hydrogens is 440 g/mol. The number of amides is 3. The van der Waals surface area contributed by atoms with Gasteiger partial charge in [-0.1, -0.05) is 31.9 Å². The number of hydrogen-bond donors (Lipinski definition) is 5. The fourth-order valence-electron chi connectivity index (χ4n) is 2.76. The molecule has 32 heavy (non-hydrogen) atoms. The van der Waals surface area contributed by atoms with Crippen LogP contribution in [0.1, 0.15) is 50.4 Å². The van der Waals surface area contributed by atoms with Crippen molar-refractivity contribution in [3.8, 4) is 5.75 Å². The van der Waals surface area contributed by atoms with E-state index in [2.05, 4.69) is 10.6 Å². The zero-order valence-corrected chi connectivity index (χ0v) is 19.1. The number of carbonyl (C=O) groups excluding carboxylic acids is 3. The molecule has 1 aromatic carbocycles. The van der Waals surface area contributed by atoms with Crippen molar-refractivity contribution < 1.29 is 29.0 Å². The van der Waals surface area contributed by atoms with E-state index < -0.39 is 35.8 Å². The summed E-state index contributed by atoms with van der Waals surface area (Å²) in [5.74, 6) is -3.44. The molecule has 0 bridgehead atoms. The van der Waals surface area contributed by atoms with Crippen LogP contribution in [0.2, 0.25) is 5.02 Å². The summed E-state index contributed by atoms with van der Waals surface area (Å²) in [4.78, 5) is 48.6. The van der Waals surface area contributed by atoms with Gasteiger partial charge < -0.3 is 31.9 Å². The van der Waals surface area contributed by atoms with Gasteiger partial charge in [0, 0.05) is 17.5 Å². The lowest BCUT2D eigenvalue weighted by molar-refractivity contribution is -0.143. The van der Waals surface area contributed by atoms with Gasteiger partial charge in [0.25, 0.3) is 5.91 Å². The highest BCUT2D eigenvalue weighted by Crippen LogP contribution is 2.23. The van der Waals surface area contributed by atoms with Crippen molar-refractivity contribution in [3.05, 3.63) is 28.8 Å². The zero-order chi connectivity index (χ0) is 24.4. The van der Waals surface area contributed by atoms with Crippen LogP contribution in [0.15, 0.2) is 18.2 Å². The molecule has 0 heterocycles. The summed E-state index contributed by atoms with van der Waals surface area (Å²) in [5.41, 5.74) is 10.9. The van der Waals surface area contributed by atoms with E-state index in [1.165, 1.54) is 18.2 Å². The van der Waals surface area contributed by atoms with E-state index in [-0.39, 0.29) is 47.7 Å². The maximum Gasteiger partial charge on any atom is 0.326 e. The molecule has 4 atom stereocenters. The summed E-state index contributed by atoms with van der Waals surface area (Å²) < 4.78 is 5.56. The second kappa shape index (κ2) is 12.9. The molecule has 1 aromatic rings. The molecule has 1 rings (SSSR count). The number of ether oxygens (including phenoxy) is 1. The number of nitrogens with two attached hydrogens (primary N) is 2. The molecular formula is C21H31ClN4O6. The first-order chi connectivity index (χ1) is 15.0. The van der Waals surface area contributed by atoms with Crippen LogP contribution >= 0.6 is 11.6 Å². The molecule has 0 aliphatic rings. The summed E-state index contributed by atoms with van der Waals surface area (Å²) in [6.07, 6.45) is 0.206. The Morgan fingerprint density at radius 1 is 1.19 bits per heavy atom. The van der Waals surface area contributed by atoms with Crippen LogP contribution in [0.25, 0.3) is 0 Å². The van der Waals surface area contributed by atoms with E-state index in [9.17, 15) is 24.3 Å². The maximum absolute atomic E-state index is 12.9. The highest BCUT2D eigenvalue weighted by molar-refractivity contribution is 6.31. The van der Waals surface area contributed by atoms with Crippen molar-refractivity contribution in [3.63, 3.8) is 0 Å². The SMILES string of the molecule is CC[C@H](C)[C@H](NC(=O)[C@H](CCC(N)=O)NC(=O)c1cc(Cl)ccc1OC[C@H](C)N)C(=O)O. The Balaban J connectivity index is 3.11. The number of rotatable bonds is 13. The van der Waals surface area contributed by atoms with Crippen LogP contribution in [-0.2, 0) is 14.4 Å². The molecule has 0 aromatic heterocycles. The van der Waals surface area contributed by atoms with Crippen LogP contribution in [0.3, 0.4) is 0 Å². The van der Waals surface area contributed by atoms with Gasteiger partial charge in [-0.25, -0.2) is 4.79 Å². The van der Waals surface area contributed by atoms with E-state index in [0.717, 1.165) is 0 Å². The largest absolute Gasteiger partial charge is 0.491 e. The Hall–Kier alpha value is -2.85. The lowest BCUT2D eigenvalue weighted by Gasteiger charge is -2.24. The van der Waals surface area contributed by atoms with Crippen LogP contribution < -0.4 is 26.8 Å². The summed E-state index contributed by atoms with van der Waals surface area (Å²) in [5, 5.41) is 14.7. The van der Waals surface area contributed by atoms with Gasteiger partial charge in [0.05, 0.1) is 5.56 Å². The fourth-order valence-corrected chi connectivity index (χ4v) is 2.93. The van der Waals surface area contributed by atoms with Gasteiger partial charge in [0.1, 0.15) is 24.4 Å². The monoisotopic (exact) mass is 470 g/mol. The number of aliphatic carboxylic acids is 1. The third-order valence-corrected chi connectivity index (χ3v) is 5.00. The normalized spacial score (nSPS) is 14.5. The van der Waals surface area contributed by atoms with Crippen molar-refractivity contribution in [1.29, 1.82) is 0 Å². The minimum atomic E-state index is -1.21. The first kappa shape index (κ1) is 27.2. The average molecular weight is 471 g/mol. The van der Waals surface area contributed by atoms with Gasteiger partial charge in [-0.15, -0.1) is 0 Å². The smallest absolute Gasteiger partial charge is 0.326 e. The Labute approximate surface area is 192 Å². The topological polar surface area (TPSA) is 174 Å². The van der Waals surface area contributed by atoms with E-state index in [1.807, 2.05) is 0 Å². The number of carbonyl (C=O) groups is 4. The minimum absolute atomic E-state index is 0.0618. The molecule has 3 amide bonds. The maximum atomic E-state index is 12.9. The Kier molecular flexibility index (Phi) is 10.9. The van der Waals surface area contributed by atoms with Crippen LogP contribution in [-0.4, -0.2) is 53.5 Å². The van der Waals surface area contributed by atoms with Crippen molar-refractivity contribution in [2.75, 3.05) is 6.61 Å². The first-order valence-corrected chi connectivity index (χ1v) is 10.6. The highest BCUT2D eigenvalue weighted by atomic mass is 35.5. The number of hydrogen-bond acceptors (Lipinski definition) is 6. The Bertz CT molecular complexity index is 833. The minimum Gasteiger partial charge on any atom is -0.491 e. The van der Waals surface area contributed by atoms with E-state index in [4.69, 9.17) is 27.8 Å². The average Bonchev–Trinajstić information content (AvgIpc) is 2.72. The highest BCUT2D eigenvalue weighted by Gasteiger charge is 2.30. The molecule has 0 aliphatic heterocycles. The van der Waals surface area contributed by atoms with Crippen molar-refractivity contribution in [1.82, 2.24) is 10.6 Å². The van der Waals surface area contributed by atoms with Gasteiger partial charge in [-0.3, -0.25) is 14.4 Å². The van der Waals surface area contributed by atoms with Gasteiger partial charge in [0.2, 0.25) is 11.8 Å². The first-order valence-electron chi connectivity index (χ1n) is 10.3. The second-order valence-corrected chi connectivity index (χ2v) is 8.11. The predicted octanol–water partition coefficient (Wildman–Crippen LogP) is 1.05. The molecule has 0 fully saturated rings. The molecule has 11 heteroatoms. The molecule has 7 N–H and O–H groups in total. The van der Waals surface area contributed by atoms with Crippen molar-refractivity contribution >= 4 is 35.3 Å². The number of benzene rings is 1. The number of halogens is 1. The van der Waals surface area contributed by atoms with Gasteiger partial charge in [-0.05, 0) is 37.5 Å². The molecule has 0 spiro atoms. The van der Waals surface area contributed by atoms with Gasteiger partial charge in [0.15, 0.2) is 0 Å². The standard InChI is InChI=1S/C21H31ClN4O6/c1-4-11(2)18(21(30)31)26-20(29)15(6-8-17(24)27)25-19(28)14-9-13(22)5-7-16(14)32-10-12(3)23/h5,7,9,11-12,15,18H,4,6,8,10,23H2,1-3H3,(H2,24,27)(H,25,28)(H,26,29)(H,30,31)/t11-,12-,15-,18-/m0/s1. The lowest BCUT2D eigenvalue weighted by atomic mass is 9.98.